The van der Waals surface area contributed by atoms with Crippen LogP contribution in [0.15, 0.2) is 76.4 Å². The average molecular weight is 904 g/mol. The zero-order valence-corrected chi connectivity index (χ0v) is 39.9. The molecule has 7 heterocycles. The zero-order chi connectivity index (χ0) is 44.7. The van der Waals surface area contributed by atoms with Crippen LogP contribution in [0.25, 0.3) is 0 Å². The Bertz CT molecular complexity index is 2510. The van der Waals surface area contributed by atoms with Crippen LogP contribution in [0, 0.1) is 75.9 Å². The van der Waals surface area contributed by atoms with Crippen LogP contribution in [0.1, 0.15) is 150 Å². The van der Waals surface area contributed by atoms with Crippen LogP contribution in [-0.2, 0) is 26.3 Å². The maximum absolute atomic E-state index is 16.4. The number of piperidine rings is 3. The Morgan fingerprint density at radius 3 is 2.61 bits per heavy atom. The summed E-state index contributed by atoms with van der Waals surface area (Å²) >= 11 is 0. The van der Waals surface area contributed by atoms with Crippen LogP contribution in [0.4, 0.5) is 0 Å². The van der Waals surface area contributed by atoms with E-state index in [1.54, 1.807) is 11.3 Å². The molecule has 15 atom stereocenters. The minimum atomic E-state index is -1.14. The van der Waals surface area contributed by atoms with Gasteiger partial charge in [0.05, 0.1) is 17.0 Å². The van der Waals surface area contributed by atoms with Crippen molar-refractivity contribution < 1.29 is 24.2 Å². The number of aliphatic hydroxyl groups is 1. The number of allylic oxidation sites excluding steroid dienone is 5. The third-order valence-electron chi connectivity index (χ3n) is 22.8. The van der Waals surface area contributed by atoms with Crippen molar-refractivity contribution in [2.75, 3.05) is 19.6 Å². The third-order valence-corrected chi connectivity index (χ3v) is 22.8. The summed E-state index contributed by atoms with van der Waals surface area (Å²) in [5, 5.41) is 13.9. The molecule has 3 spiro atoms. The van der Waals surface area contributed by atoms with E-state index in [1.165, 1.54) is 75.4 Å². The molecule has 67 heavy (non-hydrogen) atoms. The number of ether oxygens (including phenoxy) is 2. The quantitative estimate of drug-likeness (QED) is 0.215. The molecule has 0 radical (unpaired) electrons. The van der Waals surface area contributed by atoms with Crippen LogP contribution in [0.5, 0.6) is 0 Å². The molecule has 15 rings (SSSR count). The molecule has 8 nitrogen and oxygen atoms in total. The standard InChI is InChI=1S/C59H73N3O5/c1-32-25-38-18-20-46-39-27-40-31-62(46)52(38)50-42-22-23-57-54(53(63)41-19-21-45(40)61(30-39)47(41)26-33-9-3-2-4-10-33)66-56(65)58(57)48(59(57)44-15-7-13-35(14-8-24-60)49(44)55(64)67-59)29-36(34-11-5-6-12-34)16-17-37(51(42)58)28-43(32)50/h7,13,15-18,20,32-34,36-37,39-41,43,45-48,50,63H,2-6,8-12,14,19,21-31,60H2,1H3/b17-16-,54-53-/t32-,36+,37+,39+,40+,41+,43+,45-,46-,47+,48-,50-,57+,58+,59+/m0/s1. The Morgan fingerprint density at radius 1 is 0.910 bits per heavy atom. The van der Waals surface area contributed by atoms with Gasteiger partial charge >= 0.3 is 11.9 Å². The fraction of sp³-hybridized carbons (Fsp3) is 0.695. The molecule has 4 saturated heterocycles. The second-order valence-electron chi connectivity index (χ2n) is 25.1. The van der Waals surface area contributed by atoms with Gasteiger partial charge in [-0.25, -0.2) is 4.79 Å². The maximum Gasteiger partial charge on any atom is 0.339 e. The molecule has 7 aliphatic heterocycles. The van der Waals surface area contributed by atoms with Crippen molar-refractivity contribution in [1.82, 2.24) is 9.80 Å². The van der Waals surface area contributed by atoms with E-state index >= 15 is 9.59 Å². The van der Waals surface area contributed by atoms with Crippen molar-refractivity contribution in [3.63, 3.8) is 0 Å². The molecule has 3 N–H and O–H groups in total. The van der Waals surface area contributed by atoms with Crippen LogP contribution in [-0.4, -0.2) is 64.6 Å². The summed E-state index contributed by atoms with van der Waals surface area (Å²) in [6.45, 7) is 5.26. The van der Waals surface area contributed by atoms with Gasteiger partial charge in [0.15, 0.2) is 11.4 Å². The lowest BCUT2D eigenvalue weighted by Gasteiger charge is -2.73. The summed E-state index contributed by atoms with van der Waals surface area (Å²) in [6.07, 6.45) is 32.0. The second-order valence-corrected chi connectivity index (χ2v) is 25.1. The van der Waals surface area contributed by atoms with Gasteiger partial charge in [-0.05, 0) is 154 Å². The topological polar surface area (TPSA) is 105 Å². The van der Waals surface area contributed by atoms with E-state index in [4.69, 9.17) is 15.2 Å². The predicted molar refractivity (Wildman–Crippen MR) is 256 cm³/mol. The van der Waals surface area contributed by atoms with Crippen molar-refractivity contribution in [2.24, 2.45) is 81.7 Å². The van der Waals surface area contributed by atoms with E-state index in [0.29, 0.717) is 84.1 Å². The smallest absolute Gasteiger partial charge is 0.339 e. The van der Waals surface area contributed by atoms with Crippen LogP contribution in [0.3, 0.4) is 0 Å². The first-order valence-corrected chi connectivity index (χ1v) is 27.9. The third kappa shape index (κ3) is 4.99. The number of esters is 2. The number of aryl methyl sites for hydroxylation is 1. The fourth-order valence-electron chi connectivity index (χ4n) is 20.5. The highest BCUT2D eigenvalue weighted by molar-refractivity contribution is 6.00. The molecule has 7 bridgehead atoms. The van der Waals surface area contributed by atoms with Gasteiger partial charge in [0.1, 0.15) is 11.2 Å². The van der Waals surface area contributed by atoms with Crippen molar-refractivity contribution in [3.05, 3.63) is 93.1 Å². The van der Waals surface area contributed by atoms with Crippen LogP contribution >= 0.6 is 0 Å². The van der Waals surface area contributed by atoms with Gasteiger partial charge in [-0.2, -0.15) is 0 Å². The molecule has 7 fully saturated rings. The summed E-state index contributed by atoms with van der Waals surface area (Å²) in [7, 11) is 0. The summed E-state index contributed by atoms with van der Waals surface area (Å²) in [4.78, 5) is 37.5. The number of nitrogens with two attached hydrogens (primary N) is 1. The van der Waals surface area contributed by atoms with E-state index in [-0.39, 0.29) is 47.6 Å². The molecule has 14 aliphatic rings. The van der Waals surface area contributed by atoms with Gasteiger partial charge in [0.2, 0.25) is 0 Å². The molecule has 8 heteroatoms. The molecule has 3 saturated carbocycles. The van der Waals surface area contributed by atoms with Crippen LogP contribution < -0.4 is 5.73 Å². The molecule has 7 aliphatic carbocycles. The zero-order valence-electron chi connectivity index (χ0n) is 39.9. The normalized spacial score (nSPS) is 47.0. The van der Waals surface area contributed by atoms with Crippen molar-refractivity contribution in [2.45, 2.75) is 159 Å². The lowest BCUT2D eigenvalue weighted by Crippen LogP contribution is -2.78. The minimum Gasteiger partial charge on any atom is -0.508 e. The minimum absolute atomic E-state index is 0.0969. The van der Waals surface area contributed by atoms with Crippen molar-refractivity contribution in [1.29, 1.82) is 0 Å². The highest BCUT2D eigenvalue weighted by Crippen LogP contribution is 2.88. The molecule has 1 aromatic rings. The Balaban J connectivity index is 1.03. The lowest BCUT2D eigenvalue weighted by molar-refractivity contribution is -0.282. The number of hydrogen-bond acceptors (Lipinski definition) is 8. The number of carbonyl (C=O) groups excluding carboxylic acids is 2. The first kappa shape index (κ1) is 41.2. The largest absolute Gasteiger partial charge is 0.508 e. The first-order valence-electron chi connectivity index (χ1n) is 27.9. The van der Waals surface area contributed by atoms with E-state index in [2.05, 4.69) is 59.2 Å². The molecule has 0 unspecified atom stereocenters. The number of hydrogen-bond donors (Lipinski definition) is 2. The van der Waals surface area contributed by atoms with E-state index in [1.807, 2.05) is 0 Å². The second kappa shape index (κ2) is 14.5. The Kier molecular flexibility index (Phi) is 8.90. The summed E-state index contributed by atoms with van der Waals surface area (Å²) in [5.41, 5.74) is 11.6. The van der Waals surface area contributed by atoms with Gasteiger partial charge in [0, 0.05) is 54.2 Å². The monoisotopic (exact) mass is 904 g/mol. The van der Waals surface area contributed by atoms with Gasteiger partial charge < -0.3 is 25.2 Å². The number of rotatable bonds is 6. The molecule has 0 amide bonds. The Labute approximate surface area is 397 Å². The summed E-state index contributed by atoms with van der Waals surface area (Å²) < 4.78 is 14.6. The average Bonchev–Trinajstić information content (AvgIpc) is 4.05. The van der Waals surface area contributed by atoms with E-state index in [0.717, 1.165) is 75.6 Å². The van der Waals surface area contributed by atoms with Gasteiger partial charge in [-0.3, -0.25) is 9.69 Å². The first-order chi connectivity index (χ1) is 32.8. The number of aliphatic hydroxyl groups excluding tert-OH is 1. The predicted octanol–water partition coefficient (Wildman–Crippen LogP) is 10.6. The summed E-state index contributed by atoms with van der Waals surface area (Å²) in [5.74, 6) is 3.93. The van der Waals surface area contributed by atoms with E-state index in [9.17, 15) is 5.11 Å². The Hall–Kier alpha value is -3.62. The van der Waals surface area contributed by atoms with Gasteiger partial charge in [-0.15, -0.1) is 0 Å². The number of nitrogens with zero attached hydrogens (tertiary/aromatic N) is 2. The lowest BCUT2D eigenvalue weighted by atomic mass is 9.27. The van der Waals surface area contributed by atoms with Gasteiger partial charge in [-0.1, -0.05) is 99.9 Å². The van der Waals surface area contributed by atoms with Crippen molar-refractivity contribution >= 4 is 11.9 Å². The van der Waals surface area contributed by atoms with Crippen LogP contribution in [0.2, 0.25) is 0 Å². The highest BCUT2D eigenvalue weighted by atomic mass is 16.6. The number of fused-ring (bicyclic) bond motifs is 8. The SMILES string of the molecule is C[C@H]1CC2=C3[C@H]4C5=C6[C@H](/C=C\[C@@H](C7CCCC7)C[C@H]7[C@]68C(=O)O/C(=C(\O)[C@@H]6CC[C@H]9[C@@H]%10C[C@H](CN9[C@@H]6CC6CCCCC6)[C@H](C=C2)N3C%10)[C@@]8(CC5)[C@]72OC(=O)c3c(CCCN)cccc32)C[C@@H]41. The molecular formula is C59H73N3O5. The van der Waals surface area contributed by atoms with E-state index < -0.39 is 16.4 Å². The highest BCUT2D eigenvalue weighted by Gasteiger charge is 2.94. The number of benzene rings is 1. The Morgan fingerprint density at radius 2 is 1.76 bits per heavy atom. The van der Waals surface area contributed by atoms with Gasteiger partial charge in [0.25, 0.3) is 0 Å². The summed E-state index contributed by atoms with van der Waals surface area (Å²) in [6, 6.07) is 7.48. The molecule has 1 aromatic carbocycles. The fourth-order valence-corrected chi connectivity index (χ4v) is 20.5. The number of carbonyl (C=O) groups is 2. The molecular weight excluding hydrogens is 831 g/mol. The molecule has 354 valence electrons. The maximum atomic E-state index is 16.4. The molecule has 0 aromatic heterocycles. The van der Waals surface area contributed by atoms with Crippen molar-refractivity contribution in [3.8, 4) is 0 Å².